The molecular formula is C13H20O3. The van der Waals surface area contributed by atoms with Gasteiger partial charge in [-0.1, -0.05) is 32.4 Å². The minimum atomic E-state index is -0.518. The summed E-state index contributed by atoms with van der Waals surface area (Å²) in [4.78, 5) is 0. The number of aliphatic hydroxyl groups is 1. The van der Waals surface area contributed by atoms with Crippen molar-refractivity contribution in [3.8, 4) is 11.5 Å². The molecule has 0 bridgehead atoms. The molecule has 0 saturated carbocycles. The summed E-state index contributed by atoms with van der Waals surface area (Å²) >= 11 is 0. The first-order valence-corrected chi connectivity index (χ1v) is 5.54. The van der Waals surface area contributed by atoms with Crippen LogP contribution in [0.1, 0.15) is 31.9 Å². The molecule has 2 unspecified atom stereocenters. The average molecular weight is 224 g/mol. The van der Waals surface area contributed by atoms with Gasteiger partial charge in [-0.2, -0.15) is 0 Å². The van der Waals surface area contributed by atoms with E-state index < -0.39 is 6.10 Å². The van der Waals surface area contributed by atoms with Crippen molar-refractivity contribution in [2.45, 2.75) is 26.4 Å². The fourth-order valence-electron chi connectivity index (χ4n) is 1.67. The van der Waals surface area contributed by atoms with E-state index >= 15 is 0 Å². The molecule has 3 heteroatoms. The standard InChI is InChI=1S/C13H20O3/c1-5-9(2)12(14)10-7-6-8-11(15-3)13(10)16-4/h6-9,12,14H,5H2,1-4H3. The van der Waals surface area contributed by atoms with Gasteiger partial charge in [0.1, 0.15) is 0 Å². The Morgan fingerprint density at radius 1 is 1.25 bits per heavy atom. The summed E-state index contributed by atoms with van der Waals surface area (Å²) in [6.45, 7) is 4.07. The lowest BCUT2D eigenvalue weighted by atomic mass is 9.94. The van der Waals surface area contributed by atoms with Crippen LogP contribution < -0.4 is 9.47 Å². The monoisotopic (exact) mass is 224 g/mol. The van der Waals surface area contributed by atoms with Gasteiger partial charge < -0.3 is 14.6 Å². The third-order valence-corrected chi connectivity index (χ3v) is 2.93. The summed E-state index contributed by atoms with van der Waals surface area (Å²) in [6.07, 6.45) is 0.400. The van der Waals surface area contributed by atoms with Crippen molar-refractivity contribution in [1.82, 2.24) is 0 Å². The number of methoxy groups -OCH3 is 2. The van der Waals surface area contributed by atoms with Crippen LogP contribution in [0.5, 0.6) is 11.5 Å². The summed E-state index contributed by atoms with van der Waals surface area (Å²) in [5.74, 6) is 1.47. The van der Waals surface area contributed by atoms with Crippen LogP contribution in [0.25, 0.3) is 0 Å². The Morgan fingerprint density at radius 3 is 2.44 bits per heavy atom. The molecule has 1 rings (SSSR count). The molecule has 1 aromatic carbocycles. The predicted molar refractivity (Wildman–Crippen MR) is 64.0 cm³/mol. The van der Waals surface area contributed by atoms with E-state index in [1.165, 1.54) is 0 Å². The molecule has 0 saturated heterocycles. The van der Waals surface area contributed by atoms with Gasteiger partial charge in [-0.05, 0) is 12.0 Å². The van der Waals surface area contributed by atoms with Crippen LogP contribution >= 0.6 is 0 Å². The SMILES string of the molecule is CCC(C)C(O)c1cccc(OC)c1OC. The number of para-hydroxylation sites is 1. The second-order valence-corrected chi connectivity index (χ2v) is 3.91. The molecular weight excluding hydrogens is 204 g/mol. The van der Waals surface area contributed by atoms with Gasteiger partial charge in [0.05, 0.1) is 20.3 Å². The van der Waals surface area contributed by atoms with Gasteiger partial charge in [-0.3, -0.25) is 0 Å². The van der Waals surface area contributed by atoms with E-state index in [2.05, 4.69) is 6.92 Å². The first kappa shape index (κ1) is 12.8. The highest BCUT2D eigenvalue weighted by Gasteiger charge is 2.20. The van der Waals surface area contributed by atoms with Gasteiger partial charge in [0, 0.05) is 5.56 Å². The van der Waals surface area contributed by atoms with Crippen molar-refractivity contribution < 1.29 is 14.6 Å². The maximum atomic E-state index is 10.2. The maximum absolute atomic E-state index is 10.2. The van der Waals surface area contributed by atoms with Gasteiger partial charge in [0.15, 0.2) is 11.5 Å². The van der Waals surface area contributed by atoms with Gasteiger partial charge in [0.2, 0.25) is 0 Å². The van der Waals surface area contributed by atoms with Crippen LogP contribution in [0.2, 0.25) is 0 Å². The molecule has 1 aromatic rings. The molecule has 0 aliphatic heterocycles. The summed E-state index contributed by atoms with van der Waals surface area (Å²) in [6, 6.07) is 5.56. The normalized spacial score (nSPS) is 14.3. The first-order valence-electron chi connectivity index (χ1n) is 5.54. The lowest BCUT2D eigenvalue weighted by molar-refractivity contribution is 0.112. The summed E-state index contributed by atoms with van der Waals surface area (Å²) < 4.78 is 10.5. The first-order chi connectivity index (χ1) is 7.65. The molecule has 0 heterocycles. The number of ether oxygens (including phenoxy) is 2. The number of benzene rings is 1. The van der Waals surface area contributed by atoms with Gasteiger partial charge in [-0.25, -0.2) is 0 Å². The molecule has 0 radical (unpaired) electrons. The van der Waals surface area contributed by atoms with E-state index in [0.29, 0.717) is 11.5 Å². The van der Waals surface area contributed by atoms with Crippen molar-refractivity contribution in [2.75, 3.05) is 14.2 Å². The molecule has 16 heavy (non-hydrogen) atoms. The Morgan fingerprint density at radius 2 is 1.94 bits per heavy atom. The zero-order valence-electron chi connectivity index (χ0n) is 10.4. The molecule has 0 amide bonds. The predicted octanol–water partition coefficient (Wildman–Crippen LogP) is 2.78. The molecule has 1 N–H and O–H groups in total. The minimum Gasteiger partial charge on any atom is -0.493 e. The number of rotatable bonds is 5. The summed E-state index contributed by atoms with van der Waals surface area (Å²) in [7, 11) is 3.18. The van der Waals surface area contributed by atoms with Crippen LogP contribution in [-0.4, -0.2) is 19.3 Å². The Kier molecular flexibility index (Phi) is 4.62. The van der Waals surface area contributed by atoms with Gasteiger partial charge in [0.25, 0.3) is 0 Å². The highest BCUT2D eigenvalue weighted by molar-refractivity contribution is 5.47. The Labute approximate surface area is 97.0 Å². The molecule has 0 aromatic heterocycles. The third kappa shape index (κ3) is 2.47. The molecule has 0 aliphatic carbocycles. The Hall–Kier alpha value is -1.22. The third-order valence-electron chi connectivity index (χ3n) is 2.93. The van der Waals surface area contributed by atoms with E-state index in [-0.39, 0.29) is 5.92 Å². The van der Waals surface area contributed by atoms with Crippen molar-refractivity contribution in [1.29, 1.82) is 0 Å². The van der Waals surface area contributed by atoms with Crippen molar-refractivity contribution >= 4 is 0 Å². The number of hydrogen-bond acceptors (Lipinski definition) is 3. The van der Waals surface area contributed by atoms with Crippen molar-refractivity contribution in [2.24, 2.45) is 5.92 Å². The van der Waals surface area contributed by atoms with Gasteiger partial charge in [-0.15, -0.1) is 0 Å². The Balaban J connectivity index is 3.12. The zero-order chi connectivity index (χ0) is 12.1. The molecule has 3 nitrogen and oxygen atoms in total. The smallest absolute Gasteiger partial charge is 0.166 e. The minimum absolute atomic E-state index is 0.195. The van der Waals surface area contributed by atoms with Crippen LogP contribution in [0, 0.1) is 5.92 Å². The molecule has 0 spiro atoms. The van der Waals surface area contributed by atoms with Crippen LogP contribution in [-0.2, 0) is 0 Å². The average Bonchev–Trinajstić information content (AvgIpc) is 2.35. The molecule has 2 atom stereocenters. The summed E-state index contributed by atoms with van der Waals surface area (Å²) in [5, 5.41) is 10.2. The highest BCUT2D eigenvalue weighted by Crippen LogP contribution is 2.37. The van der Waals surface area contributed by atoms with E-state index in [0.717, 1.165) is 12.0 Å². The fraction of sp³-hybridized carbons (Fsp3) is 0.538. The highest BCUT2D eigenvalue weighted by atomic mass is 16.5. The van der Waals surface area contributed by atoms with E-state index in [1.807, 2.05) is 25.1 Å². The quantitative estimate of drug-likeness (QED) is 0.835. The number of hydrogen-bond donors (Lipinski definition) is 1. The largest absolute Gasteiger partial charge is 0.493 e. The lowest BCUT2D eigenvalue weighted by Crippen LogP contribution is -2.10. The van der Waals surface area contributed by atoms with E-state index in [1.54, 1.807) is 14.2 Å². The van der Waals surface area contributed by atoms with Crippen LogP contribution in [0.15, 0.2) is 18.2 Å². The lowest BCUT2D eigenvalue weighted by Gasteiger charge is -2.21. The summed E-state index contributed by atoms with van der Waals surface area (Å²) in [5.41, 5.74) is 0.788. The Bertz CT molecular complexity index is 336. The second kappa shape index (κ2) is 5.75. The maximum Gasteiger partial charge on any atom is 0.166 e. The van der Waals surface area contributed by atoms with Gasteiger partial charge >= 0.3 is 0 Å². The van der Waals surface area contributed by atoms with E-state index in [4.69, 9.17) is 9.47 Å². The molecule has 0 aliphatic rings. The van der Waals surface area contributed by atoms with Crippen molar-refractivity contribution in [3.63, 3.8) is 0 Å². The molecule has 90 valence electrons. The number of aliphatic hydroxyl groups excluding tert-OH is 1. The zero-order valence-corrected chi connectivity index (χ0v) is 10.4. The van der Waals surface area contributed by atoms with Crippen molar-refractivity contribution in [3.05, 3.63) is 23.8 Å². The second-order valence-electron chi connectivity index (χ2n) is 3.91. The topological polar surface area (TPSA) is 38.7 Å². The van der Waals surface area contributed by atoms with E-state index in [9.17, 15) is 5.11 Å². The fourth-order valence-corrected chi connectivity index (χ4v) is 1.67. The molecule has 0 fully saturated rings. The van der Waals surface area contributed by atoms with Crippen LogP contribution in [0.4, 0.5) is 0 Å². The van der Waals surface area contributed by atoms with Crippen LogP contribution in [0.3, 0.4) is 0 Å².